The topological polar surface area (TPSA) is 46.2 Å². The second-order valence-electron chi connectivity index (χ2n) is 4.99. The van der Waals surface area contributed by atoms with Gasteiger partial charge in [-0.25, -0.2) is 8.42 Å². The van der Waals surface area contributed by atoms with Crippen molar-refractivity contribution in [2.45, 2.75) is 26.7 Å². The Morgan fingerprint density at radius 3 is 2.55 bits per heavy atom. The Bertz CT molecular complexity index is 502. The third-order valence-electron chi connectivity index (χ3n) is 3.43. The van der Waals surface area contributed by atoms with Gasteiger partial charge in [-0.15, -0.1) is 0 Å². The number of rotatable bonds is 9. The van der Waals surface area contributed by atoms with E-state index in [4.69, 9.17) is 11.6 Å². The van der Waals surface area contributed by atoms with Gasteiger partial charge in [-0.1, -0.05) is 43.6 Å². The molecule has 1 aromatic rings. The third kappa shape index (κ3) is 6.25. The number of hydrogen-bond acceptors (Lipinski definition) is 3. The molecule has 1 atom stereocenters. The molecule has 0 aromatic heterocycles. The predicted molar refractivity (Wildman–Crippen MR) is 86.1 cm³/mol. The highest BCUT2D eigenvalue weighted by atomic mass is 35.5. The van der Waals surface area contributed by atoms with Crippen molar-refractivity contribution in [2.75, 3.05) is 24.6 Å². The minimum Gasteiger partial charge on any atom is -0.317 e. The van der Waals surface area contributed by atoms with E-state index < -0.39 is 9.84 Å². The van der Waals surface area contributed by atoms with Crippen molar-refractivity contribution in [2.24, 2.45) is 5.92 Å². The maximum absolute atomic E-state index is 11.7. The van der Waals surface area contributed by atoms with Crippen molar-refractivity contribution >= 4 is 21.4 Å². The molecule has 0 radical (unpaired) electrons. The highest BCUT2D eigenvalue weighted by Gasteiger charge is 2.15. The summed E-state index contributed by atoms with van der Waals surface area (Å²) < 4.78 is 23.3. The molecule has 0 heterocycles. The molecule has 0 amide bonds. The molecule has 0 aliphatic rings. The van der Waals surface area contributed by atoms with Crippen molar-refractivity contribution < 1.29 is 8.42 Å². The van der Waals surface area contributed by atoms with Crippen LogP contribution in [-0.4, -0.2) is 33.0 Å². The maximum atomic E-state index is 11.7. The zero-order valence-electron chi connectivity index (χ0n) is 12.2. The van der Waals surface area contributed by atoms with Crippen LogP contribution in [0.4, 0.5) is 0 Å². The maximum Gasteiger partial charge on any atom is 0.150 e. The van der Waals surface area contributed by atoms with Crippen LogP contribution in [-0.2, 0) is 16.3 Å². The first-order valence-corrected chi connectivity index (χ1v) is 9.33. The highest BCUT2D eigenvalue weighted by molar-refractivity contribution is 7.91. The Morgan fingerprint density at radius 1 is 1.25 bits per heavy atom. The molecule has 0 aliphatic heterocycles. The van der Waals surface area contributed by atoms with Gasteiger partial charge in [0, 0.05) is 10.8 Å². The summed E-state index contributed by atoms with van der Waals surface area (Å²) in [6.45, 7) is 5.46. The lowest BCUT2D eigenvalue weighted by atomic mass is 9.97. The van der Waals surface area contributed by atoms with Gasteiger partial charge >= 0.3 is 0 Å². The normalized spacial score (nSPS) is 13.3. The zero-order valence-corrected chi connectivity index (χ0v) is 13.8. The van der Waals surface area contributed by atoms with Crippen LogP contribution < -0.4 is 5.32 Å². The largest absolute Gasteiger partial charge is 0.317 e. The summed E-state index contributed by atoms with van der Waals surface area (Å²) in [4.78, 5) is 0. The Hall–Kier alpha value is -0.580. The van der Waals surface area contributed by atoms with Gasteiger partial charge in [0.25, 0.3) is 0 Å². The van der Waals surface area contributed by atoms with Gasteiger partial charge in [-0.05, 0) is 43.5 Å². The first-order valence-electron chi connectivity index (χ1n) is 7.13. The molecule has 114 valence electrons. The molecule has 1 rings (SSSR count). The standard InChI is InChI=1S/C15H24ClNO2S/c1-3-17-12-13(9-10-20(18,19)4-2)11-14-7-5-6-8-15(14)16/h5-8,13,17H,3-4,9-12H2,1-2H3. The van der Waals surface area contributed by atoms with Crippen LogP contribution in [0.3, 0.4) is 0 Å². The molecule has 5 heteroatoms. The summed E-state index contributed by atoms with van der Waals surface area (Å²) in [6, 6.07) is 7.76. The first-order chi connectivity index (χ1) is 9.48. The van der Waals surface area contributed by atoms with Crippen LogP contribution in [0.25, 0.3) is 0 Å². The average Bonchev–Trinajstić information content (AvgIpc) is 2.44. The van der Waals surface area contributed by atoms with E-state index in [9.17, 15) is 8.42 Å². The minimum atomic E-state index is -2.90. The van der Waals surface area contributed by atoms with Crippen LogP contribution in [0, 0.1) is 5.92 Å². The summed E-state index contributed by atoms with van der Waals surface area (Å²) in [5.41, 5.74) is 1.09. The van der Waals surface area contributed by atoms with Crippen molar-refractivity contribution in [1.82, 2.24) is 5.32 Å². The number of sulfone groups is 1. The Labute approximate surface area is 127 Å². The van der Waals surface area contributed by atoms with Gasteiger partial charge in [-0.2, -0.15) is 0 Å². The van der Waals surface area contributed by atoms with Crippen LogP contribution in [0.5, 0.6) is 0 Å². The van der Waals surface area contributed by atoms with Crippen molar-refractivity contribution in [1.29, 1.82) is 0 Å². The zero-order chi connectivity index (χ0) is 15.0. The number of hydrogen-bond donors (Lipinski definition) is 1. The van der Waals surface area contributed by atoms with Crippen molar-refractivity contribution in [3.8, 4) is 0 Å². The first kappa shape index (κ1) is 17.5. The SMILES string of the molecule is CCNCC(CCS(=O)(=O)CC)Cc1ccccc1Cl. The summed E-state index contributed by atoms with van der Waals surface area (Å²) >= 11 is 6.18. The number of benzene rings is 1. The molecule has 0 aliphatic carbocycles. The van der Waals surface area contributed by atoms with E-state index in [1.165, 1.54) is 0 Å². The van der Waals surface area contributed by atoms with E-state index in [0.29, 0.717) is 6.42 Å². The summed E-state index contributed by atoms with van der Waals surface area (Å²) in [5, 5.41) is 4.06. The van der Waals surface area contributed by atoms with Crippen LogP contribution in [0.2, 0.25) is 5.02 Å². The fourth-order valence-electron chi connectivity index (χ4n) is 2.09. The number of halogens is 1. The van der Waals surface area contributed by atoms with Crippen LogP contribution in [0.1, 0.15) is 25.8 Å². The van der Waals surface area contributed by atoms with E-state index in [1.54, 1.807) is 6.92 Å². The van der Waals surface area contributed by atoms with Crippen molar-refractivity contribution in [3.05, 3.63) is 34.9 Å². The fourth-order valence-corrected chi connectivity index (χ4v) is 3.28. The van der Waals surface area contributed by atoms with E-state index in [0.717, 1.165) is 30.1 Å². The Kier molecular flexibility index (Phi) is 7.56. The Balaban J connectivity index is 2.67. The minimum absolute atomic E-state index is 0.215. The van der Waals surface area contributed by atoms with Gasteiger partial charge in [0.05, 0.1) is 5.75 Å². The molecule has 0 saturated heterocycles. The highest BCUT2D eigenvalue weighted by Crippen LogP contribution is 2.20. The third-order valence-corrected chi connectivity index (χ3v) is 5.53. The smallest absolute Gasteiger partial charge is 0.150 e. The van der Waals surface area contributed by atoms with Gasteiger partial charge in [0.15, 0.2) is 0 Å². The molecule has 0 spiro atoms. The quantitative estimate of drug-likeness (QED) is 0.761. The molecule has 1 N–H and O–H groups in total. The summed E-state index contributed by atoms with van der Waals surface area (Å²) in [5.74, 6) is 0.757. The molecular formula is C15H24ClNO2S. The lowest BCUT2D eigenvalue weighted by Gasteiger charge is -2.18. The average molecular weight is 318 g/mol. The van der Waals surface area contributed by atoms with E-state index in [-0.39, 0.29) is 17.4 Å². The number of nitrogens with one attached hydrogen (secondary N) is 1. The van der Waals surface area contributed by atoms with E-state index >= 15 is 0 Å². The van der Waals surface area contributed by atoms with Crippen LogP contribution >= 0.6 is 11.6 Å². The lowest BCUT2D eigenvalue weighted by Crippen LogP contribution is -2.26. The molecule has 0 bridgehead atoms. The predicted octanol–water partition coefficient (Wildman–Crippen LogP) is 2.93. The summed E-state index contributed by atoms with van der Waals surface area (Å²) in [7, 11) is -2.90. The fraction of sp³-hybridized carbons (Fsp3) is 0.600. The van der Waals surface area contributed by atoms with Crippen LogP contribution in [0.15, 0.2) is 24.3 Å². The van der Waals surface area contributed by atoms with Gasteiger partial charge in [0.2, 0.25) is 0 Å². The van der Waals surface area contributed by atoms with E-state index in [2.05, 4.69) is 12.2 Å². The van der Waals surface area contributed by atoms with Gasteiger partial charge in [0.1, 0.15) is 9.84 Å². The lowest BCUT2D eigenvalue weighted by molar-refractivity contribution is 0.465. The molecular weight excluding hydrogens is 294 g/mol. The molecule has 1 aromatic carbocycles. The monoisotopic (exact) mass is 317 g/mol. The molecule has 1 unspecified atom stereocenters. The van der Waals surface area contributed by atoms with Crippen molar-refractivity contribution in [3.63, 3.8) is 0 Å². The molecule has 3 nitrogen and oxygen atoms in total. The second kappa shape index (κ2) is 8.65. The molecule has 20 heavy (non-hydrogen) atoms. The molecule has 0 saturated carbocycles. The molecule has 0 fully saturated rings. The summed E-state index contributed by atoms with van der Waals surface area (Å²) in [6.07, 6.45) is 1.49. The van der Waals surface area contributed by atoms with Gasteiger partial charge in [-0.3, -0.25) is 0 Å². The van der Waals surface area contributed by atoms with Gasteiger partial charge < -0.3 is 5.32 Å². The second-order valence-corrected chi connectivity index (χ2v) is 7.87. The Morgan fingerprint density at radius 2 is 1.95 bits per heavy atom. The van der Waals surface area contributed by atoms with E-state index in [1.807, 2.05) is 24.3 Å².